The number of hydrogen-bond donors (Lipinski definition) is 2. The average molecular weight is 387 g/mol. The Kier molecular flexibility index (Phi) is 5.40. The number of nitrogens with one attached hydrogen (secondary N) is 2. The molecular weight excluding hydrogens is 371 g/mol. The van der Waals surface area contributed by atoms with E-state index in [1.165, 1.54) is 18.0 Å². The number of aryl methyl sites for hydroxylation is 1. The van der Waals surface area contributed by atoms with Gasteiger partial charge in [0, 0.05) is 23.1 Å². The van der Waals surface area contributed by atoms with Gasteiger partial charge in [-0.3, -0.25) is 4.79 Å². The molecule has 1 heterocycles. The largest absolute Gasteiger partial charge is 0.324 e. The van der Waals surface area contributed by atoms with Crippen molar-refractivity contribution in [2.45, 2.75) is 13.8 Å². The molecule has 0 saturated carbocycles. The lowest BCUT2D eigenvalue weighted by molar-refractivity contribution is 0.102. The second-order valence-corrected chi connectivity index (χ2v) is 6.59. The number of carbonyl (C=O) groups excluding carboxylic acids is 1. The van der Waals surface area contributed by atoms with Crippen molar-refractivity contribution in [3.63, 3.8) is 0 Å². The summed E-state index contributed by atoms with van der Waals surface area (Å²) < 4.78 is 0. The smallest absolute Gasteiger partial charge is 0.258 e. The van der Waals surface area contributed by atoms with Crippen molar-refractivity contribution in [3.8, 4) is 0 Å². The molecule has 0 aliphatic carbocycles. The van der Waals surface area contributed by atoms with E-state index >= 15 is 0 Å². The predicted octanol–water partition coefficient (Wildman–Crippen LogP) is 5.40. The fourth-order valence-electron chi connectivity index (χ4n) is 2.30. The van der Waals surface area contributed by atoms with Gasteiger partial charge in [0.2, 0.25) is 5.95 Å². The first kappa shape index (κ1) is 18.2. The van der Waals surface area contributed by atoms with Crippen LogP contribution in [-0.4, -0.2) is 15.9 Å². The normalized spacial score (nSPS) is 10.5. The monoisotopic (exact) mass is 386 g/mol. The molecule has 132 valence electrons. The summed E-state index contributed by atoms with van der Waals surface area (Å²) >= 11 is 11.9. The first-order valence-corrected chi connectivity index (χ1v) is 8.61. The molecule has 0 aliphatic rings. The molecule has 0 spiro atoms. The molecule has 3 aromatic rings. The topological polar surface area (TPSA) is 66.9 Å². The van der Waals surface area contributed by atoms with Crippen LogP contribution in [0.1, 0.15) is 21.5 Å². The maximum Gasteiger partial charge on any atom is 0.258 e. The summed E-state index contributed by atoms with van der Waals surface area (Å²) in [6.07, 6.45) is 2.92. The summed E-state index contributed by atoms with van der Waals surface area (Å²) in [4.78, 5) is 20.7. The zero-order valence-electron chi connectivity index (χ0n) is 14.2. The van der Waals surface area contributed by atoms with Crippen LogP contribution >= 0.6 is 23.2 Å². The highest BCUT2D eigenvalue weighted by Gasteiger charge is 2.11. The quantitative estimate of drug-likeness (QED) is 0.629. The number of benzene rings is 2. The van der Waals surface area contributed by atoms with Gasteiger partial charge in [0.05, 0.1) is 16.3 Å². The maximum atomic E-state index is 12.3. The SMILES string of the molecule is Cc1cccc(Nc2ncc(C(=O)Nc3ccc(Cl)cc3Cl)cn2)c1C. The summed E-state index contributed by atoms with van der Waals surface area (Å²) in [5, 5.41) is 6.72. The van der Waals surface area contributed by atoms with E-state index < -0.39 is 0 Å². The first-order chi connectivity index (χ1) is 12.4. The van der Waals surface area contributed by atoms with E-state index in [-0.39, 0.29) is 5.91 Å². The fraction of sp³-hybridized carbons (Fsp3) is 0.105. The van der Waals surface area contributed by atoms with Gasteiger partial charge in [0.15, 0.2) is 0 Å². The Labute approximate surface area is 161 Å². The van der Waals surface area contributed by atoms with Gasteiger partial charge in [0.1, 0.15) is 0 Å². The second-order valence-electron chi connectivity index (χ2n) is 5.75. The molecule has 26 heavy (non-hydrogen) atoms. The van der Waals surface area contributed by atoms with E-state index in [0.29, 0.717) is 27.2 Å². The average Bonchev–Trinajstić information content (AvgIpc) is 2.62. The van der Waals surface area contributed by atoms with Crippen LogP contribution in [-0.2, 0) is 0 Å². The lowest BCUT2D eigenvalue weighted by Crippen LogP contribution is -2.13. The van der Waals surface area contributed by atoms with Crippen LogP contribution in [0.4, 0.5) is 17.3 Å². The van der Waals surface area contributed by atoms with Gasteiger partial charge in [-0.15, -0.1) is 0 Å². The van der Waals surface area contributed by atoms with E-state index in [0.717, 1.165) is 11.3 Å². The number of hydrogen-bond acceptors (Lipinski definition) is 4. The number of rotatable bonds is 4. The molecule has 0 aliphatic heterocycles. The van der Waals surface area contributed by atoms with Crippen molar-refractivity contribution < 1.29 is 4.79 Å². The molecule has 0 saturated heterocycles. The van der Waals surface area contributed by atoms with E-state index in [9.17, 15) is 4.79 Å². The number of carbonyl (C=O) groups is 1. The van der Waals surface area contributed by atoms with Gasteiger partial charge in [-0.2, -0.15) is 0 Å². The van der Waals surface area contributed by atoms with Crippen molar-refractivity contribution in [2.24, 2.45) is 0 Å². The third kappa shape index (κ3) is 4.12. The fourth-order valence-corrected chi connectivity index (χ4v) is 2.76. The zero-order valence-corrected chi connectivity index (χ0v) is 15.7. The van der Waals surface area contributed by atoms with Crippen molar-refractivity contribution in [1.29, 1.82) is 0 Å². The minimum Gasteiger partial charge on any atom is -0.324 e. The van der Waals surface area contributed by atoms with Crippen LogP contribution in [0.15, 0.2) is 48.8 Å². The minimum absolute atomic E-state index is 0.322. The number of nitrogens with zero attached hydrogens (tertiary/aromatic N) is 2. The zero-order chi connectivity index (χ0) is 18.7. The molecule has 2 aromatic carbocycles. The molecule has 2 N–H and O–H groups in total. The highest BCUT2D eigenvalue weighted by atomic mass is 35.5. The number of halogens is 2. The third-order valence-corrected chi connectivity index (χ3v) is 4.49. The van der Waals surface area contributed by atoms with Crippen LogP contribution in [0.25, 0.3) is 0 Å². The van der Waals surface area contributed by atoms with Crippen LogP contribution in [0.2, 0.25) is 10.0 Å². The number of amides is 1. The highest BCUT2D eigenvalue weighted by Crippen LogP contribution is 2.26. The van der Waals surface area contributed by atoms with E-state index in [4.69, 9.17) is 23.2 Å². The summed E-state index contributed by atoms with van der Waals surface area (Å²) in [5.41, 5.74) is 4.01. The Morgan fingerprint density at radius 2 is 1.73 bits per heavy atom. The number of anilines is 3. The van der Waals surface area contributed by atoms with Gasteiger partial charge in [-0.25, -0.2) is 9.97 Å². The van der Waals surface area contributed by atoms with Crippen LogP contribution < -0.4 is 10.6 Å². The van der Waals surface area contributed by atoms with Gasteiger partial charge >= 0.3 is 0 Å². The van der Waals surface area contributed by atoms with E-state index in [2.05, 4.69) is 20.6 Å². The lowest BCUT2D eigenvalue weighted by atomic mass is 10.1. The maximum absolute atomic E-state index is 12.3. The molecule has 0 radical (unpaired) electrons. The standard InChI is InChI=1S/C19H16Cl2N4O/c1-11-4-3-5-16(12(11)2)25-19-22-9-13(10-23-19)18(26)24-17-7-6-14(20)8-15(17)21/h3-10H,1-2H3,(H,24,26)(H,22,23,25). The van der Waals surface area contributed by atoms with Crippen molar-refractivity contribution in [1.82, 2.24) is 9.97 Å². The van der Waals surface area contributed by atoms with Crippen molar-refractivity contribution in [3.05, 3.63) is 75.5 Å². The Morgan fingerprint density at radius 1 is 1.00 bits per heavy atom. The molecule has 1 amide bonds. The molecule has 0 unspecified atom stereocenters. The molecule has 5 nitrogen and oxygen atoms in total. The lowest BCUT2D eigenvalue weighted by Gasteiger charge is -2.10. The van der Waals surface area contributed by atoms with Gasteiger partial charge in [-0.1, -0.05) is 35.3 Å². The van der Waals surface area contributed by atoms with E-state index in [1.807, 2.05) is 32.0 Å². The first-order valence-electron chi connectivity index (χ1n) is 7.86. The summed E-state index contributed by atoms with van der Waals surface area (Å²) in [6.45, 7) is 4.06. The number of aromatic nitrogens is 2. The van der Waals surface area contributed by atoms with Crippen molar-refractivity contribution >= 4 is 46.4 Å². The Balaban J connectivity index is 1.72. The Morgan fingerprint density at radius 3 is 2.42 bits per heavy atom. The molecule has 3 rings (SSSR count). The molecule has 1 aromatic heterocycles. The van der Waals surface area contributed by atoms with Gasteiger partial charge < -0.3 is 10.6 Å². The molecule has 0 fully saturated rings. The Hall–Kier alpha value is -2.63. The van der Waals surface area contributed by atoms with Crippen LogP contribution in [0.3, 0.4) is 0 Å². The highest BCUT2D eigenvalue weighted by molar-refractivity contribution is 6.36. The summed E-state index contributed by atoms with van der Waals surface area (Å²) in [5.74, 6) is 0.0623. The Bertz CT molecular complexity index is 958. The van der Waals surface area contributed by atoms with Crippen LogP contribution in [0, 0.1) is 13.8 Å². The third-order valence-electron chi connectivity index (χ3n) is 3.94. The molecule has 0 bridgehead atoms. The molecule has 0 atom stereocenters. The molecular formula is C19H16Cl2N4O. The van der Waals surface area contributed by atoms with Crippen LogP contribution in [0.5, 0.6) is 0 Å². The summed E-state index contributed by atoms with van der Waals surface area (Å²) in [7, 11) is 0. The predicted molar refractivity (Wildman–Crippen MR) is 106 cm³/mol. The van der Waals surface area contributed by atoms with Crippen molar-refractivity contribution in [2.75, 3.05) is 10.6 Å². The second kappa shape index (κ2) is 7.72. The summed E-state index contributed by atoms with van der Waals surface area (Å²) in [6, 6.07) is 10.8. The minimum atomic E-state index is -0.354. The van der Waals surface area contributed by atoms with Gasteiger partial charge in [0.25, 0.3) is 5.91 Å². The molecule has 7 heteroatoms. The van der Waals surface area contributed by atoms with Gasteiger partial charge in [-0.05, 0) is 49.2 Å². The van der Waals surface area contributed by atoms with E-state index in [1.54, 1.807) is 18.2 Å².